The fourth-order valence-corrected chi connectivity index (χ4v) is 3.55. The highest BCUT2D eigenvalue weighted by atomic mass is 19.1. The summed E-state index contributed by atoms with van der Waals surface area (Å²) < 4.78 is 19.4. The van der Waals surface area contributed by atoms with Crippen molar-refractivity contribution in [2.75, 3.05) is 17.7 Å². The molecule has 2 N–H and O–H groups in total. The first-order valence-corrected chi connectivity index (χ1v) is 10.0. The molecule has 162 valence electrons. The zero-order chi connectivity index (χ0) is 22.5. The minimum atomic E-state index is -0.606. The molecule has 3 amide bonds. The largest absolute Gasteiger partial charge is 0.469 e. The van der Waals surface area contributed by atoms with Gasteiger partial charge in [0.05, 0.1) is 23.6 Å². The van der Waals surface area contributed by atoms with Crippen LogP contribution in [0.4, 0.5) is 20.6 Å². The summed E-state index contributed by atoms with van der Waals surface area (Å²) >= 11 is 0. The van der Waals surface area contributed by atoms with E-state index < -0.39 is 11.7 Å². The first-order chi connectivity index (χ1) is 14.8. The SMILES string of the molecule is Cc1occc1C(=O)Nc1cc(NC(=O)N(C)C(c2ccccc2)C(C)C)ccc1F. The van der Waals surface area contributed by atoms with E-state index in [4.69, 9.17) is 4.42 Å². The topological polar surface area (TPSA) is 74.6 Å². The van der Waals surface area contributed by atoms with Crippen LogP contribution >= 0.6 is 0 Å². The van der Waals surface area contributed by atoms with E-state index in [1.165, 1.54) is 30.5 Å². The Labute approximate surface area is 181 Å². The molecule has 0 aliphatic rings. The summed E-state index contributed by atoms with van der Waals surface area (Å²) in [5, 5.41) is 5.31. The third kappa shape index (κ3) is 5.12. The standard InChI is InChI=1S/C24H26FN3O3/c1-15(2)22(17-8-6-5-7-9-17)28(4)24(30)26-18-10-11-20(25)21(14-18)27-23(29)19-12-13-31-16(19)3/h5-15,22H,1-4H3,(H,26,30)(H,27,29). The summed E-state index contributed by atoms with van der Waals surface area (Å²) in [6.07, 6.45) is 1.39. The van der Waals surface area contributed by atoms with Crippen molar-refractivity contribution in [3.8, 4) is 0 Å². The van der Waals surface area contributed by atoms with E-state index in [9.17, 15) is 14.0 Å². The maximum absolute atomic E-state index is 14.3. The van der Waals surface area contributed by atoms with E-state index in [1.54, 1.807) is 18.9 Å². The predicted octanol–water partition coefficient (Wildman–Crippen LogP) is 5.84. The highest BCUT2D eigenvalue weighted by molar-refractivity contribution is 6.05. The van der Waals surface area contributed by atoms with Crippen LogP contribution in [0.15, 0.2) is 65.3 Å². The summed E-state index contributed by atoms with van der Waals surface area (Å²) in [7, 11) is 1.72. The number of halogens is 1. The molecule has 1 unspecified atom stereocenters. The van der Waals surface area contributed by atoms with Gasteiger partial charge in [-0.15, -0.1) is 0 Å². The van der Waals surface area contributed by atoms with E-state index in [-0.39, 0.29) is 23.7 Å². The Balaban J connectivity index is 1.76. The Morgan fingerprint density at radius 2 is 1.74 bits per heavy atom. The Morgan fingerprint density at radius 3 is 2.35 bits per heavy atom. The number of urea groups is 1. The van der Waals surface area contributed by atoms with Gasteiger partial charge in [-0.3, -0.25) is 4.79 Å². The van der Waals surface area contributed by atoms with Gasteiger partial charge >= 0.3 is 6.03 Å². The molecule has 0 saturated heterocycles. The average molecular weight is 423 g/mol. The molecule has 6 nitrogen and oxygen atoms in total. The van der Waals surface area contributed by atoms with Gasteiger partial charge in [-0.25, -0.2) is 9.18 Å². The number of hydrogen-bond donors (Lipinski definition) is 2. The van der Waals surface area contributed by atoms with Crippen LogP contribution in [0.3, 0.4) is 0 Å². The van der Waals surface area contributed by atoms with Gasteiger partial charge < -0.3 is 20.0 Å². The van der Waals surface area contributed by atoms with Gasteiger partial charge in [0.15, 0.2) is 0 Å². The van der Waals surface area contributed by atoms with Gasteiger partial charge in [0.2, 0.25) is 0 Å². The summed E-state index contributed by atoms with van der Waals surface area (Å²) in [5.74, 6) is -0.482. The highest BCUT2D eigenvalue weighted by Gasteiger charge is 2.25. The summed E-state index contributed by atoms with van der Waals surface area (Å²) in [6, 6.07) is 14.9. The van der Waals surface area contributed by atoms with Gasteiger partial charge in [-0.2, -0.15) is 0 Å². The first kappa shape index (κ1) is 22.1. The quantitative estimate of drug-likeness (QED) is 0.523. The Kier molecular flexibility index (Phi) is 6.74. The lowest BCUT2D eigenvalue weighted by atomic mass is 9.95. The van der Waals surface area contributed by atoms with E-state index >= 15 is 0 Å². The number of carbonyl (C=O) groups excluding carboxylic acids is 2. The molecule has 7 heteroatoms. The van der Waals surface area contributed by atoms with Crippen molar-refractivity contribution in [1.29, 1.82) is 0 Å². The minimum Gasteiger partial charge on any atom is -0.469 e. The molecular formula is C24H26FN3O3. The van der Waals surface area contributed by atoms with Crippen molar-refractivity contribution < 1.29 is 18.4 Å². The van der Waals surface area contributed by atoms with Crippen molar-refractivity contribution in [3.63, 3.8) is 0 Å². The lowest BCUT2D eigenvalue weighted by Gasteiger charge is -2.32. The minimum absolute atomic E-state index is 0.0328. The van der Waals surface area contributed by atoms with Crippen molar-refractivity contribution in [2.24, 2.45) is 5.92 Å². The second kappa shape index (κ2) is 9.47. The van der Waals surface area contributed by atoms with E-state index in [0.29, 0.717) is 17.0 Å². The highest BCUT2D eigenvalue weighted by Crippen LogP contribution is 2.28. The van der Waals surface area contributed by atoms with E-state index in [0.717, 1.165) is 5.56 Å². The normalized spacial score (nSPS) is 11.8. The molecule has 0 aliphatic heterocycles. The summed E-state index contributed by atoms with van der Waals surface area (Å²) in [6.45, 7) is 5.74. The van der Waals surface area contributed by atoms with Crippen LogP contribution in [-0.2, 0) is 0 Å². The maximum Gasteiger partial charge on any atom is 0.322 e. The van der Waals surface area contributed by atoms with Crippen LogP contribution < -0.4 is 10.6 Å². The fraction of sp³-hybridized carbons (Fsp3) is 0.250. The van der Waals surface area contributed by atoms with Crippen LogP contribution in [0.2, 0.25) is 0 Å². The molecule has 0 spiro atoms. The van der Waals surface area contributed by atoms with Crippen molar-refractivity contribution in [3.05, 3.63) is 83.6 Å². The van der Waals surface area contributed by atoms with Crippen LogP contribution in [0.1, 0.15) is 41.6 Å². The van der Waals surface area contributed by atoms with E-state index in [2.05, 4.69) is 10.6 Å². The Bertz CT molecular complexity index is 1060. The molecule has 1 atom stereocenters. The number of carbonyl (C=O) groups is 2. The Morgan fingerprint density at radius 1 is 1.03 bits per heavy atom. The number of aryl methyl sites for hydroxylation is 1. The predicted molar refractivity (Wildman–Crippen MR) is 119 cm³/mol. The molecule has 0 saturated carbocycles. The van der Waals surface area contributed by atoms with E-state index in [1.807, 2.05) is 44.2 Å². The first-order valence-electron chi connectivity index (χ1n) is 10.0. The van der Waals surface area contributed by atoms with Gasteiger partial charge in [0.1, 0.15) is 11.6 Å². The molecule has 0 fully saturated rings. The van der Waals surface area contributed by atoms with Crippen molar-refractivity contribution in [2.45, 2.75) is 26.8 Å². The molecule has 1 heterocycles. The van der Waals surface area contributed by atoms with Gasteiger partial charge in [-0.1, -0.05) is 44.2 Å². The molecule has 0 radical (unpaired) electrons. The summed E-state index contributed by atoms with van der Waals surface area (Å²) in [5.41, 5.74) is 1.68. The maximum atomic E-state index is 14.3. The molecule has 1 aromatic heterocycles. The second-order valence-electron chi connectivity index (χ2n) is 7.68. The number of anilines is 2. The number of hydrogen-bond acceptors (Lipinski definition) is 3. The third-order valence-corrected chi connectivity index (χ3v) is 5.08. The molecule has 2 aromatic carbocycles. The molecule has 3 aromatic rings. The van der Waals surface area contributed by atoms with Crippen molar-refractivity contribution in [1.82, 2.24) is 4.90 Å². The molecule has 31 heavy (non-hydrogen) atoms. The lowest BCUT2D eigenvalue weighted by molar-refractivity contribution is 0.102. The van der Waals surface area contributed by atoms with Crippen LogP contribution in [0.25, 0.3) is 0 Å². The van der Waals surface area contributed by atoms with Gasteiger partial charge in [0, 0.05) is 12.7 Å². The zero-order valence-corrected chi connectivity index (χ0v) is 18.0. The fourth-order valence-electron chi connectivity index (χ4n) is 3.55. The van der Waals surface area contributed by atoms with Gasteiger partial charge in [-0.05, 0) is 42.7 Å². The van der Waals surface area contributed by atoms with Crippen LogP contribution in [0.5, 0.6) is 0 Å². The molecule has 0 aliphatic carbocycles. The molecule has 0 bridgehead atoms. The zero-order valence-electron chi connectivity index (χ0n) is 18.0. The van der Waals surface area contributed by atoms with Crippen molar-refractivity contribution >= 4 is 23.3 Å². The second-order valence-corrected chi connectivity index (χ2v) is 7.68. The van der Waals surface area contributed by atoms with Crippen LogP contribution in [0, 0.1) is 18.7 Å². The molecule has 3 rings (SSSR count). The average Bonchev–Trinajstić information content (AvgIpc) is 3.17. The van der Waals surface area contributed by atoms with Gasteiger partial charge in [0.25, 0.3) is 5.91 Å². The molecular weight excluding hydrogens is 397 g/mol. The Hall–Kier alpha value is -3.61. The number of nitrogens with zero attached hydrogens (tertiary/aromatic N) is 1. The number of furan rings is 1. The number of rotatable bonds is 6. The number of nitrogens with one attached hydrogen (secondary N) is 2. The number of benzene rings is 2. The lowest BCUT2D eigenvalue weighted by Crippen LogP contribution is -2.37. The summed E-state index contributed by atoms with van der Waals surface area (Å²) in [4.78, 5) is 26.9. The third-order valence-electron chi connectivity index (χ3n) is 5.08. The smallest absolute Gasteiger partial charge is 0.322 e. The van der Waals surface area contributed by atoms with Crippen LogP contribution in [-0.4, -0.2) is 23.9 Å². The number of amides is 3. The monoisotopic (exact) mass is 423 g/mol.